The molecule has 0 saturated heterocycles. The maximum absolute atomic E-state index is 14.1. The normalized spacial score (nSPS) is 18.0. The number of ether oxygens (including phenoxy) is 2. The molecule has 5 amide bonds. The largest absolute Gasteiger partial charge is 0.492 e. The maximum Gasteiger partial charge on any atom is 0.248 e. The fraction of sp³-hybridized carbons (Fsp3) is 0.455. The first-order chi connectivity index (χ1) is 23.5. The van der Waals surface area contributed by atoms with E-state index in [0.29, 0.717) is 33.8 Å². The van der Waals surface area contributed by atoms with Gasteiger partial charge in [0.2, 0.25) is 29.5 Å². The van der Waals surface area contributed by atoms with E-state index in [9.17, 15) is 24.0 Å². The first kappa shape index (κ1) is 38.2. The average molecular weight is 680 g/mol. The zero-order valence-corrected chi connectivity index (χ0v) is 27.9. The predicted octanol–water partition coefficient (Wildman–Crippen LogP) is -1.58. The van der Waals surface area contributed by atoms with Gasteiger partial charge in [-0.25, -0.2) is 0 Å². The van der Waals surface area contributed by atoms with E-state index in [1.165, 1.54) is 21.0 Å². The molecule has 0 fully saturated rings. The lowest BCUT2D eigenvalue weighted by molar-refractivity contribution is -0.147. The van der Waals surface area contributed by atoms with Gasteiger partial charge in [0, 0.05) is 44.7 Å². The number of likely N-dealkylation sites (N-methyl/N-ethyl adjacent to an activating group) is 1. The van der Waals surface area contributed by atoms with Crippen molar-refractivity contribution in [3.63, 3.8) is 0 Å². The van der Waals surface area contributed by atoms with Crippen molar-refractivity contribution in [2.75, 3.05) is 53.5 Å². The van der Waals surface area contributed by atoms with Crippen molar-refractivity contribution in [2.45, 2.75) is 37.9 Å². The Hall–Kier alpha value is -5.24. The molecular formula is C33H45N9O7. The first-order valence-corrected chi connectivity index (χ1v) is 15.9. The molecule has 0 aromatic heterocycles. The van der Waals surface area contributed by atoms with Crippen LogP contribution in [0.2, 0.25) is 0 Å². The van der Waals surface area contributed by atoms with Crippen LogP contribution in [0.1, 0.15) is 30.5 Å². The molecule has 2 aromatic rings. The topological polar surface area (TPSA) is 257 Å². The lowest BCUT2D eigenvalue weighted by Gasteiger charge is -2.32. The summed E-state index contributed by atoms with van der Waals surface area (Å²) in [5.41, 5.74) is 19.2. The number of nitrogens with two attached hydrogens (primary N) is 3. The second-order valence-corrected chi connectivity index (χ2v) is 11.3. The van der Waals surface area contributed by atoms with Gasteiger partial charge < -0.3 is 52.8 Å². The van der Waals surface area contributed by atoms with Crippen LogP contribution in [0, 0.1) is 17.2 Å². The molecule has 2 aromatic carbocycles. The molecule has 0 aliphatic carbocycles. The van der Waals surface area contributed by atoms with Crippen molar-refractivity contribution in [3.8, 4) is 28.7 Å². The van der Waals surface area contributed by atoms with Crippen molar-refractivity contribution in [2.24, 2.45) is 23.1 Å². The Morgan fingerprint density at radius 3 is 2.20 bits per heavy atom. The smallest absolute Gasteiger partial charge is 0.248 e. The quantitative estimate of drug-likeness (QED) is 0.0939. The fourth-order valence-electron chi connectivity index (χ4n) is 5.41. The van der Waals surface area contributed by atoms with E-state index in [0.717, 1.165) is 4.90 Å². The van der Waals surface area contributed by atoms with Crippen LogP contribution >= 0.6 is 0 Å². The monoisotopic (exact) mass is 679 g/mol. The maximum atomic E-state index is 14.1. The van der Waals surface area contributed by atoms with Crippen molar-refractivity contribution < 1.29 is 33.4 Å². The second-order valence-electron chi connectivity index (χ2n) is 11.3. The molecule has 3 rings (SSSR count). The molecule has 4 atom stereocenters. The van der Waals surface area contributed by atoms with Crippen LogP contribution in [0.4, 0.5) is 0 Å². The lowest BCUT2D eigenvalue weighted by Crippen LogP contribution is -2.55. The summed E-state index contributed by atoms with van der Waals surface area (Å²) in [4.78, 5) is 68.3. The number of hydrogen-bond donors (Lipinski definition) is 7. The fourth-order valence-corrected chi connectivity index (χ4v) is 5.41. The Labute approximate surface area is 285 Å². The third-order valence-corrected chi connectivity index (χ3v) is 7.87. The van der Waals surface area contributed by atoms with Gasteiger partial charge in [0.25, 0.3) is 0 Å². The molecule has 1 unspecified atom stereocenters. The van der Waals surface area contributed by atoms with Crippen molar-refractivity contribution in [1.29, 1.82) is 5.26 Å². The van der Waals surface area contributed by atoms with Crippen LogP contribution in [-0.2, 0) is 30.4 Å². The Morgan fingerprint density at radius 2 is 1.61 bits per heavy atom. The van der Waals surface area contributed by atoms with Gasteiger partial charge in [-0.2, -0.15) is 5.26 Å². The number of amides is 5. The first-order valence-electron chi connectivity index (χ1n) is 15.9. The van der Waals surface area contributed by atoms with E-state index in [4.69, 9.17) is 31.9 Å². The zero-order chi connectivity index (χ0) is 36.1. The lowest BCUT2D eigenvalue weighted by atomic mass is 9.93. The number of nitrogens with one attached hydrogen (secondary N) is 4. The summed E-state index contributed by atoms with van der Waals surface area (Å²) in [6.45, 7) is 1.93. The summed E-state index contributed by atoms with van der Waals surface area (Å²) in [7, 11) is 2.78. The molecule has 1 aliphatic heterocycles. The highest BCUT2D eigenvalue weighted by Crippen LogP contribution is 2.40. The number of benzene rings is 2. The highest BCUT2D eigenvalue weighted by molar-refractivity contribution is 6.02. The summed E-state index contributed by atoms with van der Waals surface area (Å²) in [5, 5.41) is 19.3. The standard InChI is InChI=1S/C33H45N9O7/c1-19-29(43)41-25(31(45)39-13-10-35)17-20-4-6-26(48-14-11-36)23(16-20)24-18-21(5-7-27(24)49-15-12-37)28(32(46)40-19)42(3)33(47)22(8-9-34)30(44)38-2/h4-7,16,18-19,22,25,28H,8-9,11-15,17,34,36-37H2,1-3H3,(H,38,44)(H,39,45)(H,40,46)(H,41,43)/t19-,22?,25-,28-/m0/s1. The SMILES string of the molecule is CNC(=O)C(CCN)C(=O)N(C)[C@@H]1C(=O)N[C@@H](C)C(=O)N[C@H](C(=O)NCC#N)Cc2ccc(OCCN)c(c2)-c2cc1ccc2OCCN. The van der Waals surface area contributed by atoms with E-state index < -0.39 is 53.6 Å². The number of nitriles is 1. The summed E-state index contributed by atoms with van der Waals surface area (Å²) in [5.74, 6) is -3.65. The zero-order valence-electron chi connectivity index (χ0n) is 27.9. The van der Waals surface area contributed by atoms with E-state index in [1.807, 2.05) is 6.07 Å². The van der Waals surface area contributed by atoms with Crippen LogP contribution in [-0.4, -0.2) is 100 Å². The molecule has 0 spiro atoms. The third-order valence-electron chi connectivity index (χ3n) is 7.87. The van der Waals surface area contributed by atoms with Crippen molar-refractivity contribution in [3.05, 3.63) is 47.5 Å². The third kappa shape index (κ3) is 9.66. The van der Waals surface area contributed by atoms with Gasteiger partial charge in [-0.1, -0.05) is 12.1 Å². The molecule has 4 bridgehead atoms. The summed E-state index contributed by atoms with van der Waals surface area (Å²) < 4.78 is 12.0. The van der Waals surface area contributed by atoms with Crippen LogP contribution < -0.4 is 47.9 Å². The molecule has 0 radical (unpaired) electrons. The molecule has 0 saturated carbocycles. The molecule has 1 aliphatic rings. The van der Waals surface area contributed by atoms with Crippen LogP contribution in [0.25, 0.3) is 11.1 Å². The van der Waals surface area contributed by atoms with Gasteiger partial charge in [-0.15, -0.1) is 0 Å². The Bertz CT molecular complexity index is 1560. The highest BCUT2D eigenvalue weighted by atomic mass is 16.5. The molecule has 16 heteroatoms. The van der Waals surface area contributed by atoms with E-state index in [-0.39, 0.29) is 52.2 Å². The molecule has 16 nitrogen and oxygen atoms in total. The van der Waals surface area contributed by atoms with E-state index in [1.54, 1.807) is 36.4 Å². The molecule has 49 heavy (non-hydrogen) atoms. The Balaban J connectivity index is 2.32. The van der Waals surface area contributed by atoms with Gasteiger partial charge in [-0.05, 0) is 55.3 Å². The van der Waals surface area contributed by atoms with E-state index in [2.05, 4.69) is 21.3 Å². The van der Waals surface area contributed by atoms with Gasteiger partial charge in [0.05, 0.1) is 6.07 Å². The molecule has 1 heterocycles. The van der Waals surface area contributed by atoms with Crippen LogP contribution in [0.5, 0.6) is 11.5 Å². The van der Waals surface area contributed by atoms with Gasteiger partial charge >= 0.3 is 0 Å². The second kappa shape index (κ2) is 18.3. The van der Waals surface area contributed by atoms with Crippen LogP contribution in [0.3, 0.4) is 0 Å². The van der Waals surface area contributed by atoms with Gasteiger partial charge in [-0.3, -0.25) is 24.0 Å². The number of carbonyl (C=O) groups excluding carboxylic acids is 5. The van der Waals surface area contributed by atoms with Crippen LogP contribution in [0.15, 0.2) is 36.4 Å². The minimum Gasteiger partial charge on any atom is -0.492 e. The predicted molar refractivity (Wildman–Crippen MR) is 180 cm³/mol. The minimum atomic E-state index is -1.34. The number of hydrogen-bond acceptors (Lipinski definition) is 11. The summed E-state index contributed by atoms with van der Waals surface area (Å²) in [6.07, 6.45) is 0.0470. The number of carbonyl (C=O) groups is 5. The molecule has 264 valence electrons. The van der Waals surface area contributed by atoms with E-state index >= 15 is 0 Å². The Morgan fingerprint density at radius 1 is 0.980 bits per heavy atom. The van der Waals surface area contributed by atoms with Gasteiger partial charge in [0.1, 0.15) is 55.3 Å². The van der Waals surface area contributed by atoms with Gasteiger partial charge in [0.15, 0.2) is 0 Å². The average Bonchev–Trinajstić information content (AvgIpc) is 3.10. The van der Waals surface area contributed by atoms with Crippen molar-refractivity contribution in [1.82, 2.24) is 26.2 Å². The summed E-state index contributed by atoms with van der Waals surface area (Å²) in [6, 6.07) is 8.31. The molecular weight excluding hydrogens is 634 g/mol. The number of nitrogens with zero attached hydrogens (tertiary/aromatic N) is 2. The number of rotatable bonds is 13. The Kier molecular flexibility index (Phi) is 14.3. The number of fused-ring (bicyclic) bond motifs is 5. The molecule has 10 N–H and O–H groups in total. The summed E-state index contributed by atoms with van der Waals surface area (Å²) >= 11 is 0. The minimum absolute atomic E-state index is 0.0222. The van der Waals surface area contributed by atoms with Crippen molar-refractivity contribution >= 4 is 29.5 Å². The highest BCUT2D eigenvalue weighted by Gasteiger charge is 2.37.